The average Bonchev–Trinajstić information content (AvgIpc) is 0.925. The van der Waals surface area contributed by atoms with Gasteiger partial charge in [-0.2, -0.15) is 60.7 Å². The molecule has 0 aliphatic carbocycles. The number of aryl methyl sites for hydroxylation is 1. The summed E-state index contributed by atoms with van der Waals surface area (Å²) in [5.74, 6) is -5.37. The maximum absolute atomic E-state index is 12.8. The number of nitrogens with two attached hydrogens (primary N) is 1. The van der Waals surface area contributed by atoms with E-state index in [4.69, 9.17) is 41.7 Å². The number of aromatic nitrogens is 2. The topological polar surface area (TPSA) is 696 Å². The van der Waals surface area contributed by atoms with Crippen LogP contribution >= 0.6 is 35.7 Å². The van der Waals surface area contributed by atoms with E-state index in [1.807, 2.05) is 0 Å². The molecule has 0 bridgehead atoms. The summed E-state index contributed by atoms with van der Waals surface area (Å²) in [5, 5.41) is 97.4. The molecule has 534 valence electrons. The summed E-state index contributed by atoms with van der Waals surface area (Å²) in [4.78, 5) is 30.0. The van der Waals surface area contributed by atoms with Gasteiger partial charge in [-0.05, 0) is 91.7 Å². The van der Waals surface area contributed by atoms with Crippen molar-refractivity contribution < 1.29 is 137 Å². The highest BCUT2D eigenvalue weighted by Gasteiger charge is 2.31. The van der Waals surface area contributed by atoms with Crippen molar-refractivity contribution in [3.8, 4) is 22.9 Å². The Kier molecular flexibility index (Phi) is 24.0. The number of aromatic hydroxyl groups is 2. The number of phenolic OH excluding ortho intramolecular Hbond substituents is 2. The number of fused-ring (bicyclic) bond motifs is 2. The summed E-state index contributed by atoms with van der Waals surface area (Å²) in [7, 11) is -28.9. The molecule has 44 nitrogen and oxygen atoms in total. The van der Waals surface area contributed by atoms with Gasteiger partial charge < -0.3 is 25.8 Å². The number of aromatic amines is 1. The average molecular weight is 1580 g/mol. The van der Waals surface area contributed by atoms with Crippen LogP contribution in [0.1, 0.15) is 22.5 Å². The lowest BCUT2D eigenvalue weighted by Gasteiger charge is -2.15. The van der Waals surface area contributed by atoms with Crippen LogP contribution in [0.25, 0.3) is 27.2 Å². The number of nitrogens with one attached hydrogen (secondary N) is 1. The molecule has 0 aliphatic rings. The number of nitro benzene ring substituents is 1. The molecule has 1 aromatic heterocycles. The van der Waals surface area contributed by atoms with Gasteiger partial charge in [0.25, 0.3) is 66.3 Å². The van der Waals surface area contributed by atoms with Crippen LogP contribution in [0.3, 0.4) is 0 Å². The minimum atomic E-state index is -5.50. The second-order valence-corrected chi connectivity index (χ2v) is 29.4. The van der Waals surface area contributed by atoms with E-state index in [1.54, 1.807) is 0 Å². The smallest absolute Gasteiger partial charge is 0.356 e. The normalized spacial score (nSPS) is 12.8. The minimum absolute atomic E-state index is 0.00249. The molecule has 0 saturated carbocycles. The molecular formula is C47H39ClN12O32S8. The van der Waals surface area contributed by atoms with Gasteiger partial charge in [0.15, 0.2) is 22.9 Å². The number of phenols is 2. The zero-order valence-corrected chi connectivity index (χ0v) is 56.1. The zero-order chi connectivity index (χ0) is 74.5. The molecule has 53 heteroatoms. The van der Waals surface area contributed by atoms with Crippen LogP contribution in [0.2, 0.25) is 5.02 Å². The second kappa shape index (κ2) is 30.7. The van der Waals surface area contributed by atoms with Crippen molar-refractivity contribution in [3.05, 3.63) is 116 Å². The Hall–Kier alpha value is -9.25. The fourth-order valence-corrected chi connectivity index (χ4v) is 13.4. The maximum Gasteiger partial charge on any atom is 0.356 e. The van der Waals surface area contributed by atoms with Gasteiger partial charge in [0.1, 0.15) is 53.7 Å². The molecule has 0 aliphatic heterocycles. The number of azo groups is 4. The van der Waals surface area contributed by atoms with Crippen molar-refractivity contribution in [3.63, 3.8) is 0 Å². The Labute approximate surface area is 570 Å². The number of rotatable bonds is 26. The molecule has 8 rings (SSSR count). The molecule has 8 aromatic rings. The van der Waals surface area contributed by atoms with Gasteiger partial charge in [-0.3, -0.25) is 47.3 Å². The van der Waals surface area contributed by atoms with Gasteiger partial charge in [0.05, 0.1) is 67.9 Å². The number of aromatic carboxylic acids is 1. The largest absolute Gasteiger partial charge is 0.505 e. The number of H-pyrrole nitrogens is 1. The van der Waals surface area contributed by atoms with Crippen molar-refractivity contribution >= 4 is 175 Å². The number of carbonyl (C=O) groups is 1. The molecule has 0 unspecified atom stereocenters. The summed E-state index contributed by atoms with van der Waals surface area (Å²) in [6.07, 6.45) is -0.422. The summed E-state index contributed by atoms with van der Waals surface area (Å²) >= 11 is 6.07. The van der Waals surface area contributed by atoms with Crippen molar-refractivity contribution in [2.24, 2.45) is 40.9 Å². The van der Waals surface area contributed by atoms with Crippen LogP contribution in [0, 0.1) is 17.0 Å². The lowest BCUT2D eigenvalue weighted by atomic mass is 10.0. The number of anilines is 1. The molecule has 0 amide bonds. The molecule has 7 aromatic carbocycles. The highest BCUT2D eigenvalue weighted by Crippen LogP contribution is 2.52. The lowest BCUT2D eigenvalue weighted by Crippen LogP contribution is -2.14. The molecule has 0 fully saturated rings. The standard InChI is InChI=1S/C30H26N8O23S6.C17H13ClN4O9S2/c1-32-36-26-22(66(51,52)53)10-14-13(27(26)39)3-4-16(30(14)67(54,55)56)33-34-17-11-21(65(48,49)50)15-9-20(63-61-59-44)25(28(40)23(15)24(17)31)37-35-18-7-12(62-60-58-43)8-19(38(41)42)29(18)57-5-2-6-64(45,46)47;1-8-6-12(13(7-11(8)18)33(29,30)31)19-20-14-15(17(24)25)21-22(16(14)23)9-2-4-10(5-3-9)32(26,27)28/h3-4,7-11,39-40,43-44H,2,5-6,31H2,1H3,(H,45,46,47)(H,48,49,50)(H,51,52,53)(H,54,55,56);2-7,21H,1H3,(H,24,25)(H,26,27,28)(H,29,30,31). The fourth-order valence-electron chi connectivity index (χ4n) is 8.46. The summed E-state index contributed by atoms with van der Waals surface area (Å²) in [5.41, 5.74) is -1.69. The molecule has 14 N–H and O–H groups in total. The van der Waals surface area contributed by atoms with E-state index >= 15 is 0 Å². The predicted octanol–water partition coefficient (Wildman–Crippen LogP) is 9.43. The number of ether oxygens (including phenoxy) is 1. The van der Waals surface area contributed by atoms with E-state index in [9.17, 15) is 104 Å². The van der Waals surface area contributed by atoms with Gasteiger partial charge in [-0.1, -0.05) is 21.7 Å². The zero-order valence-electron chi connectivity index (χ0n) is 48.8. The third-order valence-electron chi connectivity index (χ3n) is 12.6. The van der Waals surface area contributed by atoms with Gasteiger partial charge >= 0.3 is 11.7 Å². The molecule has 0 spiro atoms. The minimum Gasteiger partial charge on any atom is -0.505 e. The quantitative estimate of drug-likeness (QED) is 0.00350. The number of carboxylic acid groups (broad SMARTS) is 1. The van der Waals surface area contributed by atoms with E-state index in [2.05, 4.69) is 64.8 Å². The van der Waals surface area contributed by atoms with Gasteiger partial charge in [-0.25, -0.2) is 20.0 Å². The first-order valence-corrected chi connectivity index (χ1v) is 36.2. The van der Waals surface area contributed by atoms with Crippen LogP contribution in [0.5, 0.6) is 17.2 Å². The maximum atomic E-state index is 12.8. The molecule has 1 heterocycles. The fraction of sp³-hybridized carbons (Fsp3) is 0.106. The van der Waals surface area contributed by atoms with Gasteiger partial charge in [0, 0.05) is 39.2 Å². The molecule has 0 radical (unpaired) electrons. The van der Waals surface area contributed by atoms with Gasteiger partial charge in [0.2, 0.25) is 5.75 Å². The summed E-state index contributed by atoms with van der Waals surface area (Å²) in [6.45, 7) is 0.908. The van der Waals surface area contributed by atoms with E-state index in [0.717, 1.165) is 78.5 Å². The van der Waals surface area contributed by atoms with Crippen LogP contribution in [-0.2, 0) is 79.5 Å². The second-order valence-electron chi connectivity index (χ2n) is 19.0. The number of nitrogen functional groups attached to an aromatic ring is 1. The van der Waals surface area contributed by atoms with Crippen molar-refractivity contribution in [1.82, 2.24) is 9.78 Å². The van der Waals surface area contributed by atoms with Crippen LogP contribution in [0.15, 0.2) is 159 Å². The first-order chi connectivity index (χ1) is 46.4. The monoisotopic (exact) mass is 1570 g/mol. The SMILES string of the molecule is CN=Nc1c(S(=O)(=O)O)cc2c(S(=O)(=O)O)c(N=Nc3cc(S(=O)(=O)O)c4cc(SOOO)c(N=Nc5cc(SOOO)cc([N+](=O)[O-])c5OCCCS(=O)(=O)O)c(O)c4c3N)ccc2c1O.Cc1cc(N=Nc2c(C(=O)O)[nH]n(-c3ccc(S(=O)(=O)O)cc3)c2=O)c(S(=O)(=O)O)cc1Cl. The van der Waals surface area contributed by atoms with Crippen LogP contribution < -0.4 is 16.0 Å². The summed E-state index contributed by atoms with van der Waals surface area (Å²) < 4.78 is 216. The Balaban J connectivity index is 0.000000354. The van der Waals surface area contributed by atoms with Crippen molar-refractivity contribution in [2.75, 3.05) is 25.1 Å². The van der Waals surface area contributed by atoms with E-state index < -0.39 is 221 Å². The Bertz CT molecular complexity index is 5590. The van der Waals surface area contributed by atoms with E-state index in [0.29, 0.717) is 17.7 Å². The third-order valence-corrected chi connectivity index (χ3v) is 19.4. The highest BCUT2D eigenvalue weighted by atomic mass is 35.5. The number of nitro groups is 1. The number of benzene rings is 7. The van der Waals surface area contributed by atoms with E-state index in [1.165, 1.54) is 6.92 Å². The lowest BCUT2D eigenvalue weighted by molar-refractivity contribution is -0.432. The molecule has 0 saturated heterocycles. The first-order valence-electron chi connectivity index (χ1n) is 25.5. The van der Waals surface area contributed by atoms with Crippen LogP contribution in [-0.4, -0.2) is 144 Å². The summed E-state index contributed by atoms with van der Waals surface area (Å²) in [6, 6.07) is 11.7. The Morgan fingerprint density at radius 3 is 1.80 bits per heavy atom. The van der Waals surface area contributed by atoms with Crippen molar-refractivity contribution in [1.29, 1.82) is 0 Å². The van der Waals surface area contributed by atoms with Crippen LogP contribution in [0.4, 0.5) is 51.2 Å². The number of carboxylic acids is 1. The molecule has 100 heavy (non-hydrogen) atoms. The van der Waals surface area contributed by atoms with Gasteiger partial charge in [-0.15, -0.1) is 39.4 Å². The Morgan fingerprint density at radius 2 is 1.24 bits per heavy atom. The Morgan fingerprint density at radius 1 is 0.650 bits per heavy atom. The number of nitrogens with zero attached hydrogens (tertiary/aromatic N) is 10. The molecular weight excluding hydrogens is 1540 g/mol. The van der Waals surface area contributed by atoms with E-state index in [-0.39, 0.29) is 39.7 Å². The third kappa shape index (κ3) is 18.2. The number of halogens is 1. The number of hydrogen-bond donors (Lipinski definition) is 13. The van der Waals surface area contributed by atoms with Crippen molar-refractivity contribution in [2.45, 2.75) is 47.6 Å². The number of hydrogen-bond acceptors (Lipinski definition) is 36. The predicted molar refractivity (Wildman–Crippen MR) is 338 cm³/mol. The first kappa shape index (κ1) is 78.1. The highest BCUT2D eigenvalue weighted by molar-refractivity contribution is 7.95. The molecule has 0 atom stereocenters.